The lowest BCUT2D eigenvalue weighted by atomic mass is 9.98. The van der Waals surface area contributed by atoms with Gasteiger partial charge in [-0.3, -0.25) is 14.2 Å². The fourth-order valence-electron chi connectivity index (χ4n) is 3.85. The average Bonchev–Trinajstić information content (AvgIpc) is 3.51. The Balaban J connectivity index is 1.53. The summed E-state index contributed by atoms with van der Waals surface area (Å²) in [7, 11) is 0. The lowest BCUT2D eigenvalue weighted by molar-refractivity contribution is -0.149. The first-order valence-corrected chi connectivity index (χ1v) is 12.7. The molecule has 2 aromatic heterocycles. The Morgan fingerprint density at radius 1 is 1.23 bits per heavy atom. The predicted octanol–water partition coefficient (Wildman–Crippen LogP) is 4.86. The van der Waals surface area contributed by atoms with Crippen LogP contribution in [0.5, 0.6) is 0 Å². The number of thioether (sulfide) groups is 1. The number of rotatable bonds is 10. The number of imidazole rings is 2. The van der Waals surface area contributed by atoms with Crippen molar-refractivity contribution in [2.75, 3.05) is 12.4 Å². The first kappa shape index (κ1) is 24.7. The number of H-pyrrole nitrogens is 1. The quantitative estimate of drug-likeness (QED) is 0.221. The van der Waals surface area contributed by atoms with E-state index in [0.29, 0.717) is 17.1 Å². The molecule has 0 amide bonds. The number of aromatic nitrogens is 4. The smallest absolute Gasteiger partial charge is 0.309 e. The Labute approximate surface area is 214 Å². The zero-order valence-electron chi connectivity index (χ0n) is 18.9. The number of nitriles is 1. The lowest BCUT2D eigenvalue weighted by Gasteiger charge is -2.15. The fourth-order valence-corrected chi connectivity index (χ4v) is 5.29. The first-order valence-electron chi connectivity index (χ1n) is 11.0. The average molecular weight is 552 g/mol. The van der Waals surface area contributed by atoms with E-state index >= 15 is 0 Å². The third-order valence-electron chi connectivity index (χ3n) is 5.43. The van der Waals surface area contributed by atoms with Gasteiger partial charge >= 0.3 is 5.97 Å². The molecule has 0 aliphatic rings. The fraction of sp³-hybridized carbons (Fsp3) is 0.240. The number of Topliss-reactive ketones (excluding diaryl/α,β-unsaturated/α-hetero) is 1. The Bertz CT molecular complexity index is 1390. The minimum Gasteiger partial charge on any atom is -0.466 e. The number of fused-ring (bicyclic) bond motifs is 1. The monoisotopic (exact) mass is 551 g/mol. The molecule has 8 nitrogen and oxygen atoms in total. The number of carbonyl (C=O) groups excluding carboxylic acids is 2. The van der Waals surface area contributed by atoms with Crippen molar-refractivity contribution in [3.05, 3.63) is 71.0 Å². The maximum atomic E-state index is 12.9. The molecule has 2 aromatic carbocycles. The highest BCUT2D eigenvalue weighted by Gasteiger charge is 2.25. The van der Waals surface area contributed by atoms with E-state index in [4.69, 9.17) is 4.74 Å². The molecule has 0 saturated heterocycles. The van der Waals surface area contributed by atoms with Crippen LogP contribution in [0, 0.1) is 17.2 Å². The summed E-state index contributed by atoms with van der Waals surface area (Å²) in [5.41, 5.74) is 2.21. The standard InChI is InChI=1S/C25H22BrN5O3S/c1-2-34-24(33)17(9-18-12-28-15-30-18)10-19(32)14-35-25-29-13-23(26)31(25)22-8-7-16(11-27)20-5-3-4-6-21(20)22/h3-8,12-13,15,17H,2,9-10,14H2,1H3,(H,28,30). The van der Waals surface area contributed by atoms with Crippen molar-refractivity contribution in [2.24, 2.45) is 5.92 Å². The SMILES string of the molecule is CCOC(=O)C(CC(=O)CSc1ncc(Br)n1-c1ccc(C#N)c2ccccc12)Cc1cnc[nH]1. The van der Waals surface area contributed by atoms with E-state index in [1.54, 1.807) is 31.7 Å². The molecular weight excluding hydrogens is 530 g/mol. The van der Waals surface area contributed by atoms with Crippen LogP contribution in [0.2, 0.25) is 0 Å². The molecular formula is C25H22BrN5O3S. The van der Waals surface area contributed by atoms with Gasteiger partial charge in [-0.05, 0) is 35.0 Å². The van der Waals surface area contributed by atoms with Crippen molar-refractivity contribution in [1.82, 2.24) is 19.5 Å². The summed E-state index contributed by atoms with van der Waals surface area (Å²) in [5, 5.41) is 11.9. The molecule has 0 saturated carbocycles. The van der Waals surface area contributed by atoms with Crippen molar-refractivity contribution in [2.45, 2.75) is 24.9 Å². The van der Waals surface area contributed by atoms with E-state index in [1.165, 1.54) is 11.8 Å². The van der Waals surface area contributed by atoms with Gasteiger partial charge in [0.1, 0.15) is 10.4 Å². The third kappa shape index (κ3) is 5.63. The zero-order valence-corrected chi connectivity index (χ0v) is 21.3. The molecule has 1 unspecified atom stereocenters. The van der Waals surface area contributed by atoms with Gasteiger partial charge in [-0.2, -0.15) is 5.26 Å². The van der Waals surface area contributed by atoms with Crippen LogP contribution >= 0.6 is 27.7 Å². The van der Waals surface area contributed by atoms with Crippen LogP contribution in [0.15, 0.2) is 64.9 Å². The van der Waals surface area contributed by atoms with Crippen LogP contribution in [-0.4, -0.2) is 43.6 Å². The molecule has 0 fully saturated rings. The topological polar surface area (TPSA) is 114 Å². The number of nitrogens with one attached hydrogen (secondary N) is 1. The van der Waals surface area contributed by atoms with Crippen LogP contribution in [0.1, 0.15) is 24.6 Å². The minimum atomic E-state index is -0.586. The second-order valence-electron chi connectivity index (χ2n) is 7.75. The predicted molar refractivity (Wildman–Crippen MR) is 136 cm³/mol. The van der Waals surface area contributed by atoms with Gasteiger partial charge in [0.05, 0.1) is 48.1 Å². The van der Waals surface area contributed by atoms with Crippen LogP contribution in [0.3, 0.4) is 0 Å². The zero-order chi connectivity index (χ0) is 24.8. The second kappa shape index (κ2) is 11.3. The minimum absolute atomic E-state index is 0.0620. The van der Waals surface area contributed by atoms with E-state index in [-0.39, 0.29) is 24.6 Å². The number of halogens is 1. The van der Waals surface area contributed by atoms with E-state index in [1.807, 2.05) is 34.9 Å². The summed E-state index contributed by atoms with van der Waals surface area (Å²) in [6.07, 6.45) is 5.28. The van der Waals surface area contributed by atoms with Crippen molar-refractivity contribution in [3.8, 4) is 11.8 Å². The summed E-state index contributed by atoms with van der Waals surface area (Å²) in [6, 6.07) is 13.6. The van der Waals surface area contributed by atoms with Crippen molar-refractivity contribution in [3.63, 3.8) is 0 Å². The molecule has 0 spiro atoms. The lowest BCUT2D eigenvalue weighted by Crippen LogP contribution is -2.24. The summed E-state index contributed by atoms with van der Waals surface area (Å²) in [4.78, 5) is 36.7. The van der Waals surface area contributed by atoms with Crippen LogP contribution < -0.4 is 0 Å². The van der Waals surface area contributed by atoms with Crippen molar-refractivity contribution in [1.29, 1.82) is 5.26 Å². The largest absolute Gasteiger partial charge is 0.466 e. The summed E-state index contributed by atoms with van der Waals surface area (Å²) >= 11 is 4.86. The van der Waals surface area contributed by atoms with E-state index in [0.717, 1.165) is 26.8 Å². The first-order chi connectivity index (χ1) is 17.0. The summed E-state index contributed by atoms with van der Waals surface area (Å²) in [5.74, 6) is -0.912. The highest BCUT2D eigenvalue weighted by molar-refractivity contribution is 9.10. The molecule has 0 aliphatic heterocycles. The Morgan fingerprint density at radius 2 is 2.03 bits per heavy atom. The number of nitrogens with zero attached hydrogens (tertiary/aromatic N) is 4. The molecule has 0 bridgehead atoms. The number of benzene rings is 2. The number of ether oxygens (including phenoxy) is 1. The van der Waals surface area contributed by atoms with E-state index in [9.17, 15) is 14.9 Å². The number of esters is 1. The highest BCUT2D eigenvalue weighted by atomic mass is 79.9. The molecule has 2 heterocycles. The van der Waals surface area contributed by atoms with Gasteiger partial charge in [0.2, 0.25) is 0 Å². The van der Waals surface area contributed by atoms with Crippen LogP contribution in [-0.2, 0) is 20.7 Å². The molecule has 10 heteroatoms. The van der Waals surface area contributed by atoms with E-state index in [2.05, 4.69) is 37.0 Å². The summed E-state index contributed by atoms with van der Waals surface area (Å²) in [6.45, 7) is 2.00. The second-order valence-corrected chi connectivity index (χ2v) is 9.50. The van der Waals surface area contributed by atoms with Crippen molar-refractivity contribution < 1.29 is 14.3 Å². The van der Waals surface area contributed by atoms with Crippen molar-refractivity contribution >= 4 is 50.2 Å². The van der Waals surface area contributed by atoms with Gasteiger partial charge < -0.3 is 9.72 Å². The van der Waals surface area contributed by atoms with Gasteiger partial charge in [-0.1, -0.05) is 36.0 Å². The maximum absolute atomic E-state index is 12.9. The molecule has 178 valence electrons. The third-order valence-corrected chi connectivity index (χ3v) is 7.00. The van der Waals surface area contributed by atoms with Gasteiger partial charge in [-0.25, -0.2) is 9.97 Å². The normalized spacial score (nSPS) is 11.8. The van der Waals surface area contributed by atoms with Gasteiger partial charge in [0.15, 0.2) is 5.16 Å². The Morgan fingerprint density at radius 3 is 2.74 bits per heavy atom. The molecule has 35 heavy (non-hydrogen) atoms. The number of hydrogen-bond acceptors (Lipinski definition) is 7. The number of carbonyl (C=O) groups is 2. The molecule has 4 rings (SSSR count). The van der Waals surface area contributed by atoms with Crippen LogP contribution in [0.4, 0.5) is 0 Å². The van der Waals surface area contributed by atoms with Gasteiger partial charge in [0, 0.05) is 35.5 Å². The Hall–Kier alpha value is -3.42. The molecule has 0 aliphatic carbocycles. The number of ketones is 1. The Kier molecular flexibility index (Phi) is 8.00. The number of hydrogen-bond donors (Lipinski definition) is 1. The van der Waals surface area contributed by atoms with Crippen LogP contribution in [0.25, 0.3) is 16.5 Å². The maximum Gasteiger partial charge on any atom is 0.309 e. The molecule has 1 atom stereocenters. The highest BCUT2D eigenvalue weighted by Crippen LogP contribution is 2.32. The van der Waals surface area contributed by atoms with E-state index < -0.39 is 11.9 Å². The molecule has 4 aromatic rings. The summed E-state index contributed by atoms with van der Waals surface area (Å²) < 4.78 is 7.82. The molecule has 0 radical (unpaired) electrons. The van der Waals surface area contributed by atoms with Gasteiger partial charge in [-0.15, -0.1) is 0 Å². The molecule has 1 N–H and O–H groups in total. The van der Waals surface area contributed by atoms with Gasteiger partial charge in [0.25, 0.3) is 0 Å². The number of aromatic amines is 1.